The third kappa shape index (κ3) is 3.30. The molecule has 22 heavy (non-hydrogen) atoms. The molecule has 1 fully saturated rings. The van der Waals surface area contributed by atoms with Crippen molar-refractivity contribution < 1.29 is 9.53 Å². The maximum absolute atomic E-state index is 11.4. The fourth-order valence-electron chi connectivity index (χ4n) is 2.46. The second-order valence-electron chi connectivity index (χ2n) is 5.75. The Balaban J connectivity index is 1.64. The molecule has 1 amide bonds. The van der Waals surface area contributed by atoms with Crippen LogP contribution in [0.2, 0.25) is 0 Å². The van der Waals surface area contributed by atoms with Crippen LogP contribution in [-0.2, 0) is 11.2 Å². The minimum Gasteiger partial charge on any atom is -0.448 e. The van der Waals surface area contributed by atoms with Crippen LogP contribution < -0.4 is 0 Å². The van der Waals surface area contributed by atoms with E-state index in [4.69, 9.17) is 4.74 Å². The summed E-state index contributed by atoms with van der Waals surface area (Å²) in [7, 11) is 0. The Bertz CT molecular complexity index is 649. The van der Waals surface area contributed by atoms with E-state index < -0.39 is 0 Å². The van der Waals surface area contributed by atoms with Gasteiger partial charge in [0.05, 0.1) is 17.2 Å². The Labute approximate surface area is 134 Å². The van der Waals surface area contributed by atoms with E-state index >= 15 is 0 Å². The standard InChI is InChI=1S/C17H20N2O2S/c1-12(2)13-3-5-14(6-4-13)15-11-22-16(18-15)7-8-19-9-10-21-17(19)20/h3-6,11-12H,7-10H2,1-2H3. The zero-order valence-corrected chi connectivity index (χ0v) is 13.7. The molecule has 2 heterocycles. The number of carbonyl (C=O) groups is 1. The fourth-order valence-corrected chi connectivity index (χ4v) is 3.25. The summed E-state index contributed by atoms with van der Waals surface area (Å²) < 4.78 is 4.93. The normalized spacial score (nSPS) is 14.7. The van der Waals surface area contributed by atoms with Crippen LogP contribution in [0.4, 0.5) is 4.79 Å². The minimum absolute atomic E-state index is 0.207. The molecule has 1 aromatic carbocycles. The Morgan fingerprint density at radius 3 is 2.73 bits per heavy atom. The molecule has 116 valence electrons. The van der Waals surface area contributed by atoms with E-state index in [2.05, 4.69) is 48.5 Å². The second kappa shape index (κ2) is 6.48. The van der Waals surface area contributed by atoms with Crippen molar-refractivity contribution in [3.8, 4) is 11.3 Å². The maximum atomic E-state index is 11.4. The number of ether oxygens (including phenoxy) is 1. The molecule has 0 saturated carbocycles. The van der Waals surface area contributed by atoms with Crippen molar-refractivity contribution in [2.75, 3.05) is 19.7 Å². The van der Waals surface area contributed by atoms with Crippen LogP contribution in [0.5, 0.6) is 0 Å². The highest BCUT2D eigenvalue weighted by atomic mass is 32.1. The van der Waals surface area contributed by atoms with Crippen molar-refractivity contribution >= 4 is 17.4 Å². The van der Waals surface area contributed by atoms with Gasteiger partial charge in [0.1, 0.15) is 6.61 Å². The monoisotopic (exact) mass is 316 g/mol. The average molecular weight is 316 g/mol. The predicted molar refractivity (Wildman–Crippen MR) is 88.3 cm³/mol. The second-order valence-corrected chi connectivity index (χ2v) is 6.70. The van der Waals surface area contributed by atoms with Gasteiger partial charge < -0.3 is 9.64 Å². The molecule has 0 bridgehead atoms. The van der Waals surface area contributed by atoms with Gasteiger partial charge in [-0.2, -0.15) is 0 Å². The van der Waals surface area contributed by atoms with Crippen LogP contribution in [0.15, 0.2) is 29.6 Å². The highest BCUT2D eigenvalue weighted by Gasteiger charge is 2.21. The van der Waals surface area contributed by atoms with Gasteiger partial charge in [0.15, 0.2) is 0 Å². The number of cyclic esters (lactones) is 1. The quantitative estimate of drug-likeness (QED) is 0.839. The lowest BCUT2D eigenvalue weighted by atomic mass is 10.0. The van der Waals surface area contributed by atoms with Gasteiger partial charge in [-0.3, -0.25) is 0 Å². The zero-order valence-electron chi connectivity index (χ0n) is 12.9. The lowest BCUT2D eigenvalue weighted by Crippen LogP contribution is -2.26. The smallest absolute Gasteiger partial charge is 0.409 e. The van der Waals surface area contributed by atoms with Crippen LogP contribution in [0, 0.1) is 0 Å². The van der Waals surface area contributed by atoms with Gasteiger partial charge in [-0.25, -0.2) is 9.78 Å². The molecule has 1 saturated heterocycles. The summed E-state index contributed by atoms with van der Waals surface area (Å²) in [5.41, 5.74) is 3.50. The SMILES string of the molecule is CC(C)c1ccc(-c2csc(CCN3CCOC3=O)n2)cc1. The lowest BCUT2D eigenvalue weighted by molar-refractivity contribution is 0.159. The molecule has 1 aromatic heterocycles. The highest BCUT2D eigenvalue weighted by Crippen LogP contribution is 2.24. The number of aromatic nitrogens is 1. The lowest BCUT2D eigenvalue weighted by Gasteiger charge is -2.10. The zero-order chi connectivity index (χ0) is 15.5. The third-order valence-electron chi connectivity index (χ3n) is 3.87. The van der Waals surface area contributed by atoms with Crippen molar-refractivity contribution in [2.24, 2.45) is 0 Å². The van der Waals surface area contributed by atoms with Crippen molar-refractivity contribution in [1.29, 1.82) is 0 Å². The van der Waals surface area contributed by atoms with E-state index in [0.717, 1.165) is 22.7 Å². The van der Waals surface area contributed by atoms with Gasteiger partial charge in [-0.15, -0.1) is 11.3 Å². The molecule has 0 unspecified atom stereocenters. The van der Waals surface area contributed by atoms with E-state index in [-0.39, 0.29) is 6.09 Å². The Morgan fingerprint density at radius 1 is 1.32 bits per heavy atom. The van der Waals surface area contributed by atoms with E-state index in [1.54, 1.807) is 16.2 Å². The van der Waals surface area contributed by atoms with Gasteiger partial charge in [0.2, 0.25) is 0 Å². The fraction of sp³-hybridized carbons (Fsp3) is 0.412. The Morgan fingerprint density at radius 2 is 2.09 bits per heavy atom. The Hall–Kier alpha value is -1.88. The van der Waals surface area contributed by atoms with Gasteiger partial charge in [-0.1, -0.05) is 38.1 Å². The molecule has 5 heteroatoms. The van der Waals surface area contributed by atoms with Crippen LogP contribution in [0.25, 0.3) is 11.3 Å². The molecule has 2 aromatic rings. The van der Waals surface area contributed by atoms with Crippen LogP contribution >= 0.6 is 11.3 Å². The first kappa shape index (κ1) is 15.0. The number of benzene rings is 1. The van der Waals surface area contributed by atoms with Crippen molar-refractivity contribution in [3.63, 3.8) is 0 Å². The minimum atomic E-state index is -0.207. The van der Waals surface area contributed by atoms with E-state index in [1.807, 2.05) is 0 Å². The summed E-state index contributed by atoms with van der Waals surface area (Å²) in [5, 5.41) is 3.14. The van der Waals surface area contributed by atoms with E-state index in [1.165, 1.54) is 5.56 Å². The van der Waals surface area contributed by atoms with Gasteiger partial charge >= 0.3 is 6.09 Å². The number of rotatable bonds is 5. The molecule has 3 rings (SSSR count). The molecule has 4 nitrogen and oxygen atoms in total. The summed E-state index contributed by atoms with van der Waals surface area (Å²) in [4.78, 5) is 17.8. The van der Waals surface area contributed by atoms with Crippen molar-refractivity contribution in [3.05, 3.63) is 40.2 Å². The Kier molecular flexibility index (Phi) is 4.43. The van der Waals surface area contributed by atoms with Crippen molar-refractivity contribution in [2.45, 2.75) is 26.2 Å². The molecular weight excluding hydrogens is 296 g/mol. The summed E-state index contributed by atoms with van der Waals surface area (Å²) in [6.07, 6.45) is 0.574. The van der Waals surface area contributed by atoms with Crippen LogP contribution in [0.3, 0.4) is 0 Å². The average Bonchev–Trinajstić information content (AvgIpc) is 3.14. The van der Waals surface area contributed by atoms with Gasteiger partial charge in [-0.05, 0) is 11.5 Å². The first-order valence-electron chi connectivity index (χ1n) is 7.60. The number of thiazole rings is 1. The summed E-state index contributed by atoms with van der Waals surface area (Å²) in [6.45, 7) is 6.26. The van der Waals surface area contributed by atoms with Crippen LogP contribution in [-0.4, -0.2) is 35.7 Å². The number of hydrogen-bond donors (Lipinski definition) is 0. The van der Waals surface area contributed by atoms with Gasteiger partial charge in [0.25, 0.3) is 0 Å². The summed E-state index contributed by atoms with van der Waals surface area (Å²) in [5.74, 6) is 0.542. The van der Waals surface area contributed by atoms with Gasteiger partial charge in [0, 0.05) is 23.9 Å². The largest absolute Gasteiger partial charge is 0.448 e. The molecule has 0 radical (unpaired) electrons. The topological polar surface area (TPSA) is 42.4 Å². The molecular formula is C17H20N2O2S. The van der Waals surface area contributed by atoms with E-state index in [9.17, 15) is 4.79 Å². The molecule has 0 spiro atoms. The molecule has 0 aliphatic carbocycles. The van der Waals surface area contributed by atoms with Crippen molar-refractivity contribution in [1.82, 2.24) is 9.88 Å². The number of hydrogen-bond acceptors (Lipinski definition) is 4. The maximum Gasteiger partial charge on any atom is 0.409 e. The van der Waals surface area contributed by atoms with Crippen LogP contribution in [0.1, 0.15) is 30.3 Å². The number of nitrogens with zero attached hydrogens (tertiary/aromatic N) is 2. The molecule has 1 aliphatic rings. The summed E-state index contributed by atoms with van der Waals surface area (Å²) in [6, 6.07) is 8.59. The molecule has 0 atom stereocenters. The highest BCUT2D eigenvalue weighted by molar-refractivity contribution is 7.09. The molecule has 0 N–H and O–H groups in total. The van der Waals surface area contributed by atoms with E-state index in [0.29, 0.717) is 25.6 Å². The molecule has 1 aliphatic heterocycles. The first-order valence-corrected chi connectivity index (χ1v) is 8.48. The number of carbonyl (C=O) groups excluding carboxylic acids is 1. The summed E-state index contributed by atoms with van der Waals surface area (Å²) >= 11 is 1.65. The number of amides is 1. The first-order chi connectivity index (χ1) is 10.6. The predicted octanol–water partition coefficient (Wildman–Crippen LogP) is 3.93. The third-order valence-corrected chi connectivity index (χ3v) is 4.77.